The zero-order valence-electron chi connectivity index (χ0n) is 27.6. The fourth-order valence-electron chi connectivity index (χ4n) is 6.42. The minimum Gasteiger partial charge on any atom is -0.508 e. The molecular formula is C37H42F5NO7. The van der Waals surface area contributed by atoms with E-state index in [2.05, 4.69) is 6.92 Å². The Hall–Kier alpha value is -4.39. The summed E-state index contributed by atoms with van der Waals surface area (Å²) in [6.45, 7) is 2.44. The highest BCUT2D eigenvalue weighted by Crippen LogP contribution is 2.50. The van der Waals surface area contributed by atoms with Crippen molar-refractivity contribution in [2.45, 2.75) is 87.8 Å². The lowest BCUT2D eigenvalue weighted by Crippen LogP contribution is -2.41. The molecule has 0 amide bonds. The highest BCUT2D eigenvalue weighted by atomic mass is 19.4. The van der Waals surface area contributed by atoms with Crippen LogP contribution in [0.4, 0.5) is 22.0 Å². The van der Waals surface area contributed by atoms with Crippen molar-refractivity contribution in [1.29, 1.82) is 0 Å². The first-order valence-corrected chi connectivity index (χ1v) is 16.5. The van der Waals surface area contributed by atoms with E-state index in [9.17, 15) is 46.9 Å². The van der Waals surface area contributed by atoms with Crippen molar-refractivity contribution < 1.29 is 56.3 Å². The molecule has 0 saturated heterocycles. The number of phenolic OH excluding ortho intramolecular Hbond substituents is 2. The summed E-state index contributed by atoms with van der Waals surface area (Å²) < 4.78 is 74.6. The van der Waals surface area contributed by atoms with Crippen LogP contribution in [0.15, 0.2) is 66.7 Å². The van der Waals surface area contributed by atoms with Crippen molar-refractivity contribution in [3.63, 3.8) is 0 Å². The predicted molar refractivity (Wildman–Crippen MR) is 174 cm³/mol. The van der Waals surface area contributed by atoms with Gasteiger partial charge in [-0.15, -0.1) is 0 Å². The first-order valence-electron chi connectivity index (χ1n) is 16.5. The van der Waals surface area contributed by atoms with Gasteiger partial charge in [0, 0.05) is 29.4 Å². The Balaban J connectivity index is 1.27. The van der Waals surface area contributed by atoms with Crippen LogP contribution in [0.5, 0.6) is 17.2 Å². The zero-order valence-corrected chi connectivity index (χ0v) is 27.6. The van der Waals surface area contributed by atoms with Gasteiger partial charge in [0.2, 0.25) is 0 Å². The number of carbonyl (C=O) groups is 2. The smallest absolute Gasteiger partial charge is 0.453 e. The molecule has 1 aliphatic heterocycles. The number of esters is 1. The standard InChI is InChI=1S/C37H42F5NO7/c1-35(26-12-14-27(44)15-13-26)22-50-31-21-28(45)16-17-29(31)32(35)24-10-8-23(9-11-24)20-30(43)34(48)49-19-4-2-3-6-25(33(46)47)7-5-18-36(38,39)37(40,41)42/h8-17,21,25,30,32,44-45H,2-7,18-20,22,43H2,1H3,(H,46,47)/t25?,30-,32?,35?/m0/s1. The van der Waals surface area contributed by atoms with E-state index in [4.69, 9.17) is 15.2 Å². The largest absolute Gasteiger partial charge is 0.508 e. The van der Waals surface area contributed by atoms with Gasteiger partial charge in [-0.25, -0.2) is 0 Å². The van der Waals surface area contributed by atoms with Crippen molar-refractivity contribution in [2.24, 2.45) is 11.7 Å². The van der Waals surface area contributed by atoms with Gasteiger partial charge in [-0.05, 0) is 67.0 Å². The minimum absolute atomic E-state index is 0.0373. The lowest BCUT2D eigenvalue weighted by Gasteiger charge is -2.43. The number of aliphatic carboxylic acids is 1. The monoisotopic (exact) mass is 707 g/mol. The third kappa shape index (κ3) is 9.43. The van der Waals surface area contributed by atoms with Crippen LogP contribution < -0.4 is 10.5 Å². The second-order valence-corrected chi connectivity index (χ2v) is 13.1. The quantitative estimate of drug-likeness (QED) is 0.0678. The number of ether oxygens (including phenoxy) is 2. The van der Waals surface area contributed by atoms with Crippen molar-refractivity contribution in [3.05, 3.63) is 89.0 Å². The maximum atomic E-state index is 13.1. The van der Waals surface area contributed by atoms with Gasteiger partial charge in [0.1, 0.15) is 23.3 Å². The average Bonchev–Trinajstić information content (AvgIpc) is 3.05. The molecule has 3 unspecified atom stereocenters. The summed E-state index contributed by atoms with van der Waals surface area (Å²) in [4.78, 5) is 24.0. The molecule has 13 heteroatoms. The summed E-state index contributed by atoms with van der Waals surface area (Å²) in [5.41, 5.74) is 9.23. The average molecular weight is 708 g/mol. The number of hydrogen-bond donors (Lipinski definition) is 4. The topological polar surface area (TPSA) is 139 Å². The summed E-state index contributed by atoms with van der Waals surface area (Å²) in [7, 11) is 0. The predicted octanol–water partition coefficient (Wildman–Crippen LogP) is 7.62. The second kappa shape index (κ2) is 16.1. The van der Waals surface area contributed by atoms with Crippen LogP contribution in [0, 0.1) is 5.92 Å². The first kappa shape index (κ1) is 38.4. The molecule has 4 atom stereocenters. The Morgan fingerprint density at radius 1 is 0.920 bits per heavy atom. The molecule has 0 bridgehead atoms. The molecule has 0 spiro atoms. The van der Waals surface area contributed by atoms with Crippen molar-refractivity contribution in [1.82, 2.24) is 0 Å². The van der Waals surface area contributed by atoms with E-state index in [0.29, 0.717) is 31.6 Å². The van der Waals surface area contributed by atoms with E-state index >= 15 is 0 Å². The highest BCUT2D eigenvalue weighted by molar-refractivity contribution is 5.76. The zero-order chi connectivity index (χ0) is 36.7. The third-order valence-corrected chi connectivity index (χ3v) is 9.32. The SMILES string of the molecule is CC1(c2ccc(O)cc2)COc2cc(O)ccc2C1c1ccc(C[C@H](N)C(=O)OCCCCCC(CCCC(F)(F)C(F)(F)F)C(=O)O)cc1. The van der Waals surface area contributed by atoms with E-state index < -0.39 is 54.3 Å². The number of unbranched alkanes of at least 4 members (excludes halogenated alkanes) is 2. The Bertz CT molecular complexity index is 1600. The molecule has 0 saturated carbocycles. The molecule has 3 aromatic carbocycles. The van der Waals surface area contributed by atoms with Gasteiger partial charge in [0.05, 0.1) is 19.1 Å². The number of alkyl halides is 5. The normalized spacial score (nSPS) is 18.8. The second-order valence-electron chi connectivity index (χ2n) is 13.1. The van der Waals surface area contributed by atoms with E-state index in [1.165, 1.54) is 0 Å². The molecule has 4 rings (SSSR count). The van der Waals surface area contributed by atoms with Crippen LogP contribution in [0.3, 0.4) is 0 Å². The molecule has 0 radical (unpaired) electrons. The summed E-state index contributed by atoms with van der Waals surface area (Å²) in [5, 5.41) is 29.2. The maximum absolute atomic E-state index is 13.1. The molecule has 0 aromatic heterocycles. The number of halogens is 5. The van der Waals surface area contributed by atoms with Crippen molar-refractivity contribution >= 4 is 11.9 Å². The van der Waals surface area contributed by atoms with Gasteiger partial charge in [0.15, 0.2) is 0 Å². The van der Waals surface area contributed by atoms with Gasteiger partial charge >= 0.3 is 24.0 Å². The fraction of sp³-hybridized carbons (Fsp3) is 0.459. The van der Waals surface area contributed by atoms with Crippen LogP contribution in [-0.4, -0.2) is 58.6 Å². The molecule has 50 heavy (non-hydrogen) atoms. The number of fused-ring (bicyclic) bond motifs is 1. The molecule has 1 aliphatic rings. The third-order valence-electron chi connectivity index (χ3n) is 9.32. The van der Waals surface area contributed by atoms with E-state index in [0.717, 1.165) is 22.3 Å². The van der Waals surface area contributed by atoms with Gasteiger partial charge in [-0.2, -0.15) is 22.0 Å². The van der Waals surface area contributed by atoms with Gasteiger partial charge in [0.25, 0.3) is 0 Å². The van der Waals surface area contributed by atoms with Crippen LogP contribution in [0.2, 0.25) is 0 Å². The number of aromatic hydroxyl groups is 2. The molecule has 1 heterocycles. The van der Waals surface area contributed by atoms with Gasteiger partial charge < -0.3 is 30.5 Å². The molecule has 3 aromatic rings. The van der Waals surface area contributed by atoms with Gasteiger partial charge in [-0.1, -0.05) is 62.2 Å². The lowest BCUT2D eigenvalue weighted by atomic mass is 9.65. The molecule has 272 valence electrons. The van der Waals surface area contributed by atoms with Crippen LogP contribution in [0.25, 0.3) is 0 Å². The number of nitrogens with two attached hydrogens (primary N) is 1. The lowest BCUT2D eigenvalue weighted by molar-refractivity contribution is -0.284. The Kier molecular flexibility index (Phi) is 12.4. The molecule has 0 aliphatic carbocycles. The van der Waals surface area contributed by atoms with Crippen LogP contribution in [-0.2, 0) is 26.2 Å². The van der Waals surface area contributed by atoms with Crippen molar-refractivity contribution in [2.75, 3.05) is 13.2 Å². The summed E-state index contributed by atoms with van der Waals surface area (Å²) >= 11 is 0. The van der Waals surface area contributed by atoms with E-state index in [1.54, 1.807) is 24.3 Å². The van der Waals surface area contributed by atoms with Crippen LogP contribution >= 0.6 is 0 Å². The minimum atomic E-state index is -5.67. The Morgan fingerprint density at radius 2 is 1.56 bits per heavy atom. The summed E-state index contributed by atoms with van der Waals surface area (Å²) in [6.07, 6.45) is -6.45. The molecule has 5 N–H and O–H groups in total. The number of carboxylic acids is 1. The van der Waals surface area contributed by atoms with Gasteiger partial charge in [-0.3, -0.25) is 9.59 Å². The highest BCUT2D eigenvalue weighted by Gasteiger charge is 2.56. The number of carboxylic acid groups (broad SMARTS) is 1. The van der Waals surface area contributed by atoms with E-state index in [-0.39, 0.29) is 43.3 Å². The fourth-order valence-corrected chi connectivity index (χ4v) is 6.42. The Labute approximate surface area is 287 Å². The van der Waals surface area contributed by atoms with Crippen molar-refractivity contribution in [3.8, 4) is 17.2 Å². The number of rotatable bonds is 16. The molecule has 8 nitrogen and oxygen atoms in total. The maximum Gasteiger partial charge on any atom is 0.453 e. The summed E-state index contributed by atoms with van der Waals surface area (Å²) in [5.74, 6) is -7.12. The first-order chi connectivity index (χ1) is 23.5. The Morgan fingerprint density at radius 3 is 2.20 bits per heavy atom. The number of hydrogen-bond acceptors (Lipinski definition) is 7. The molecular weight excluding hydrogens is 665 g/mol. The number of phenols is 2. The van der Waals surface area contributed by atoms with E-state index in [1.807, 2.05) is 42.5 Å². The summed E-state index contributed by atoms with van der Waals surface area (Å²) in [6, 6.07) is 18.8. The number of benzene rings is 3. The van der Waals surface area contributed by atoms with Crippen LogP contribution in [0.1, 0.15) is 80.0 Å². The molecule has 0 fully saturated rings. The number of carbonyl (C=O) groups excluding carboxylic acids is 1.